The smallest absolute Gasteiger partial charge is 0.123 e. The highest BCUT2D eigenvalue weighted by molar-refractivity contribution is 5.44. The molecule has 0 saturated carbocycles. The lowest BCUT2D eigenvalue weighted by Gasteiger charge is -2.30. The molecule has 0 amide bonds. The van der Waals surface area contributed by atoms with E-state index in [1.54, 1.807) is 12.1 Å². The third-order valence-corrected chi connectivity index (χ3v) is 5.42. The number of halogens is 1. The highest BCUT2D eigenvalue weighted by Crippen LogP contribution is 2.34. The summed E-state index contributed by atoms with van der Waals surface area (Å²) in [5.41, 5.74) is 5.63. The molecular weight excluding hydrogens is 383 g/mol. The SMILES string of the molecule is C=C(C)/C=C\C1CC=C(C(NC2=CC=CC(C)N2)c2ccc(F)cc2C)C=C1C.CC. The van der Waals surface area contributed by atoms with Crippen molar-refractivity contribution in [3.63, 3.8) is 0 Å². The molecule has 0 radical (unpaired) electrons. The topological polar surface area (TPSA) is 24.1 Å². The molecule has 3 unspecified atom stereocenters. The Morgan fingerprint density at radius 2 is 2.03 bits per heavy atom. The van der Waals surface area contributed by atoms with Crippen LogP contribution in [0.4, 0.5) is 4.39 Å². The van der Waals surface area contributed by atoms with E-state index in [9.17, 15) is 4.39 Å². The Labute approximate surface area is 188 Å². The Morgan fingerprint density at radius 1 is 1.29 bits per heavy atom. The van der Waals surface area contributed by atoms with Gasteiger partial charge in [0.25, 0.3) is 0 Å². The van der Waals surface area contributed by atoms with E-state index < -0.39 is 0 Å². The van der Waals surface area contributed by atoms with E-state index in [1.165, 1.54) is 11.1 Å². The number of benzene rings is 1. The molecule has 0 aromatic heterocycles. The third kappa shape index (κ3) is 6.85. The minimum atomic E-state index is -0.203. The van der Waals surface area contributed by atoms with Crippen molar-refractivity contribution in [2.45, 2.75) is 60.0 Å². The summed E-state index contributed by atoms with van der Waals surface area (Å²) >= 11 is 0. The Morgan fingerprint density at radius 3 is 2.65 bits per heavy atom. The highest BCUT2D eigenvalue weighted by Gasteiger charge is 2.23. The molecule has 0 fully saturated rings. The predicted octanol–water partition coefficient (Wildman–Crippen LogP) is 7.21. The summed E-state index contributed by atoms with van der Waals surface area (Å²) in [6.45, 7) is 16.2. The van der Waals surface area contributed by atoms with E-state index in [-0.39, 0.29) is 17.9 Å². The molecule has 3 rings (SSSR count). The maximum absolute atomic E-state index is 13.7. The minimum Gasteiger partial charge on any atom is -0.366 e. The van der Waals surface area contributed by atoms with Crippen LogP contribution < -0.4 is 10.6 Å². The summed E-state index contributed by atoms with van der Waals surface area (Å²) in [4.78, 5) is 0. The quantitative estimate of drug-likeness (QED) is 0.475. The summed E-state index contributed by atoms with van der Waals surface area (Å²) in [6.07, 6.45) is 16.0. The highest BCUT2D eigenvalue weighted by atomic mass is 19.1. The first-order valence-corrected chi connectivity index (χ1v) is 11.2. The van der Waals surface area contributed by atoms with Crippen LogP contribution in [0, 0.1) is 18.7 Å². The number of dihydropyridines is 1. The second-order valence-corrected chi connectivity index (χ2v) is 8.12. The van der Waals surface area contributed by atoms with Gasteiger partial charge in [0, 0.05) is 12.0 Å². The molecule has 166 valence electrons. The fourth-order valence-electron chi connectivity index (χ4n) is 3.80. The summed E-state index contributed by atoms with van der Waals surface area (Å²) < 4.78 is 13.7. The van der Waals surface area contributed by atoms with E-state index >= 15 is 0 Å². The Kier molecular flexibility index (Phi) is 9.11. The Hall–Kier alpha value is -2.81. The van der Waals surface area contributed by atoms with E-state index in [0.717, 1.165) is 28.9 Å². The van der Waals surface area contributed by atoms with Gasteiger partial charge in [-0.2, -0.15) is 0 Å². The average Bonchev–Trinajstić information content (AvgIpc) is 2.73. The van der Waals surface area contributed by atoms with Gasteiger partial charge < -0.3 is 10.6 Å². The zero-order chi connectivity index (χ0) is 23.0. The second kappa shape index (κ2) is 11.5. The van der Waals surface area contributed by atoms with E-state index in [4.69, 9.17) is 0 Å². The van der Waals surface area contributed by atoms with Crippen LogP contribution in [0.15, 0.2) is 89.9 Å². The first-order chi connectivity index (χ1) is 14.8. The monoisotopic (exact) mass is 420 g/mol. The number of allylic oxidation sites excluding steroid dienone is 7. The molecule has 2 nitrogen and oxygen atoms in total. The zero-order valence-corrected chi connectivity index (χ0v) is 19.8. The van der Waals surface area contributed by atoms with Gasteiger partial charge in [-0.1, -0.05) is 74.1 Å². The molecule has 1 aliphatic heterocycles. The van der Waals surface area contributed by atoms with Gasteiger partial charge >= 0.3 is 0 Å². The number of hydrogen-bond acceptors (Lipinski definition) is 2. The molecule has 1 aromatic rings. The molecule has 2 aliphatic rings. The average molecular weight is 421 g/mol. The van der Waals surface area contributed by atoms with Crippen molar-refractivity contribution in [2.75, 3.05) is 0 Å². The fraction of sp³-hybridized carbons (Fsp3) is 0.357. The fourth-order valence-corrected chi connectivity index (χ4v) is 3.80. The molecule has 0 saturated heterocycles. The van der Waals surface area contributed by atoms with Gasteiger partial charge in [0.15, 0.2) is 0 Å². The van der Waals surface area contributed by atoms with Gasteiger partial charge in [0.2, 0.25) is 0 Å². The third-order valence-electron chi connectivity index (χ3n) is 5.42. The van der Waals surface area contributed by atoms with Gasteiger partial charge in [-0.25, -0.2) is 4.39 Å². The maximum Gasteiger partial charge on any atom is 0.123 e. The van der Waals surface area contributed by atoms with Gasteiger partial charge in [0.1, 0.15) is 5.82 Å². The van der Waals surface area contributed by atoms with Crippen molar-refractivity contribution in [1.29, 1.82) is 0 Å². The summed E-state index contributed by atoms with van der Waals surface area (Å²) in [5, 5.41) is 7.11. The number of aryl methyl sites for hydroxylation is 1. The molecule has 1 aliphatic carbocycles. The van der Waals surface area contributed by atoms with Crippen molar-refractivity contribution >= 4 is 0 Å². The first-order valence-electron chi connectivity index (χ1n) is 11.2. The largest absolute Gasteiger partial charge is 0.366 e. The van der Waals surface area contributed by atoms with Crippen molar-refractivity contribution in [2.24, 2.45) is 5.92 Å². The van der Waals surface area contributed by atoms with E-state index in [0.29, 0.717) is 5.92 Å². The molecule has 0 bridgehead atoms. The number of hydrogen-bond donors (Lipinski definition) is 2. The van der Waals surface area contributed by atoms with Crippen LogP contribution in [0.25, 0.3) is 0 Å². The maximum atomic E-state index is 13.7. The first kappa shape index (κ1) is 24.5. The minimum absolute atomic E-state index is 0.0472. The molecule has 3 heteroatoms. The van der Waals surface area contributed by atoms with Crippen LogP contribution in [-0.4, -0.2) is 6.04 Å². The van der Waals surface area contributed by atoms with E-state index in [2.05, 4.69) is 67.5 Å². The summed E-state index contributed by atoms with van der Waals surface area (Å²) in [6, 6.07) is 5.26. The molecule has 31 heavy (non-hydrogen) atoms. The number of rotatable bonds is 6. The predicted molar refractivity (Wildman–Crippen MR) is 132 cm³/mol. The van der Waals surface area contributed by atoms with Gasteiger partial charge in [-0.3, -0.25) is 0 Å². The molecule has 2 N–H and O–H groups in total. The van der Waals surface area contributed by atoms with Crippen molar-refractivity contribution in [3.8, 4) is 0 Å². The normalized spacial score (nSPS) is 21.2. The van der Waals surface area contributed by atoms with Gasteiger partial charge in [0.05, 0.1) is 11.9 Å². The van der Waals surface area contributed by atoms with Gasteiger partial charge in [-0.05, 0) is 69.0 Å². The van der Waals surface area contributed by atoms with Crippen LogP contribution >= 0.6 is 0 Å². The molecule has 3 atom stereocenters. The van der Waals surface area contributed by atoms with Crippen LogP contribution in [0.2, 0.25) is 0 Å². The zero-order valence-electron chi connectivity index (χ0n) is 19.8. The molecular formula is C28H37FN2. The van der Waals surface area contributed by atoms with Crippen LogP contribution in [0.3, 0.4) is 0 Å². The van der Waals surface area contributed by atoms with E-state index in [1.807, 2.05) is 39.8 Å². The van der Waals surface area contributed by atoms with Crippen LogP contribution in [0.5, 0.6) is 0 Å². The van der Waals surface area contributed by atoms with Crippen molar-refractivity contribution < 1.29 is 4.39 Å². The lowest BCUT2D eigenvalue weighted by atomic mass is 9.84. The molecule has 0 spiro atoms. The molecule has 1 aromatic carbocycles. The second-order valence-electron chi connectivity index (χ2n) is 8.12. The van der Waals surface area contributed by atoms with Crippen LogP contribution in [-0.2, 0) is 0 Å². The van der Waals surface area contributed by atoms with Crippen molar-refractivity contribution in [1.82, 2.24) is 10.6 Å². The standard InChI is InChI=1S/C26H31FN2.C2H6/c1-17(2)9-10-21-11-12-22(15-18(21)3)26(24-14-13-23(27)16-19(24)4)29-25-8-6-7-20(5)28-25;1-2/h6-10,12-16,20-21,26,28-29H,1,11H2,2-5H3;1-2H3/b10-9-;. The summed E-state index contributed by atoms with van der Waals surface area (Å²) in [5.74, 6) is 1.16. The molecule has 1 heterocycles. The summed E-state index contributed by atoms with van der Waals surface area (Å²) in [7, 11) is 0. The van der Waals surface area contributed by atoms with Crippen LogP contribution in [0.1, 0.15) is 58.2 Å². The lowest BCUT2D eigenvalue weighted by molar-refractivity contribution is 0.580. The Balaban J connectivity index is 0.00000166. The number of nitrogens with one attached hydrogen (secondary N) is 2. The van der Waals surface area contributed by atoms with Crippen molar-refractivity contribution in [3.05, 3.63) is 107 Å². The van der Waals surface area contributed by atoms with Gasteiger partial charge in [-0.15, -0.1) is 0 Å². The lowest BCUT2D eigenvalue weighted by Crippen LogP contribution is -2.36. The Bertz CT molecular complexity index is 930.